The zero-order valence-electron chi connectivity index (χ0n) is 7.58. The molecule has 0 saturated heterocycles. The molecule has 15 heavy (non-hydrogen) atoms. The van der Waals surface area contributed by atoms with Crippen LogP contribution in [0.3, 0.4) is 0 Å². The predicted octanol–water partition coefficient (Wildman–Crippen LogP) is 0.311. The maximum absolute atomic E-state index is 10.3. The molecule has 6 heteroatoms. The van der Waals surface area contributed by atoms with Gasteiger partial charge in [0.15, 0.2) is 11.5 Å². The van der Waals surface area contributed by atoms with Crippen molar-refractivity contribution in [1.82, 2.24) is 0 Å². The number of aromatic hydroxyl groups is 3. The third-order valence-electron chi connectivity index (χ3n) is 1.89. The largest absolute Gasteiger partial charge is 0.504 e. The van der Waals surface area contributed by atoms with E-state index in [1.807, 2.05) is 0 Å². The zero-order valence-corrected chi connectivity index (χ0v) is 7.58. The molecular weight excluding hydrogens is 204 g/mol. The van der Waals surface area contributed by atoms with Crippen LogP contribution >= 0.6 is 0 Å². The molecule has 0 unspecified atom stereocenters. The van der Waals surface area contributed by atoms with Gasteiger partial charge in [-0.25, -0.2) is 0 Å². The average Bonchev–Trinajstić information content (AvgIpc) is 2.13. The highest BCUT2D eigenvalue weighted by Gasteiger charge is 2.19. The molecule has 5 N–H and O–H groups in total. The lowest BCUT2D eigenvalue weighted by Gasteiger charge is -2.11. The third kappa shape index (κ3) is 2.29. The second kappa shape index (κ2) is 4.05. The molecule has 0 spiro atoms. The zero-order chi connectivity index (χ0) is 11.6. The maximum Gasteiger partial charge on any atom is 0.306 e. The Bertz CT molecular complexity index is 386. The van der Waals surface area contributed by atoms with Gasteiger partial charge >= 0.3 is 5.97 Å². The summed E-state index contributed by atoms with van der Waals surface area (Å²) in [4.78, 5) is 10.3. The maximum atomic E-state index is 10.3. The Morgan fingerprint density at radius 2 is 1.80 bits per heavy atom. The van der Waals surface area contributed by atoms with Crippen LogP contribution in [0.1, 0.15) is 18.1 Å². The molecule has 1 rings (SSSR count). The van der Waals surface area contributed by atoms with E-state index in [1.165, 1.54) is 0 Å². The summed E-state index contributed by atoms with van der Waals surface area (Å²) >= 11 is 0. The molecule has 0 aromatic heterocycles. The Kier molecular flexibility index (Phi) is 3.01. The van der Waals surface area contributed by atoms with Crippen LogP contribution in [0, 0.1) is 0 Å². The van der Waals surface area contributed by atoms with E-state index >= 15 is 0 Å². The van der Waals surface area contributed by atoms with E-state index in [4.69, 9.17) is 15.3 Å². The lowest BCUT2D eigenvalue weighted by atomic mass is 10.0. The van der Waals surface area contributed by atoms with Crippen molar-refractivity contribution in [2.75, 3.05) is 0 Å². The minimum Gasteiger partial charge on any atom is -0.504 e. The summed E-state index contributed by atoms with van der Waals surface area (Å²) < 4.78 is 0. The lowest BCUT2D eigenvalue weighted by molar-refractivity contribution is -0.139. The smallest absolute Gasteiger partial charge is 0.306 e. The topological polar surface area (TPSA) is 118 Å². The van der Waals surface area contributed by atoms with Gasteiger partial charge < -0.3 is 25.5 Å². The van der Waals surface area contributed by atoms with Crippen LogP contribution in [0.5, 0.6) is 17.2 Å². The quantitative estimate of drug-likeness (QED) is 0.462. The summed E-state index contributed by atoms with van der Waals surface area (Å²) in [6.45, 7) is 0. The molecule has 0 fully saturated rings. The molecule has 0 bridgehead atoms. The first kappa shape index (κ1) is 11.1. The summed E-state index contributed by atoms with van der Waals surface area (Å²) in [6.07, 6.45) is -2.04. The van der Waals surface area contributed by atoms with E-state index in [2.05, 4.69) is 0 Å². The number of hydrogen-bond donors (Lipinski definition) is 5. The lowest BCUT2D eigenvalue weighted by Crippen LogP contribution is -2.05. The molecule has 0 radical (unpaired) electrons. The molecule has 1 aromatic carbocycles. The van der Waals surface area contributed by atoms with Crippen molar-refractivity contribution < 1.29 is 30.3 Å². The minimum absolute atomic E-state index is 0.146. The van der Waals surface area contributed by atoms with Gasteiger partial charge in [-0.2, -0.15) is 0 Å². The molecule has 0 aliphatic rings. The number of rotatable bonds is 3. The third-order valence-corrected chi connectivity index (χ3v) is 1.89. The fourth-order valence-corrected chi connectivity index (χ4v) is 1.13. The van der Waals surface area contributed by atoms with Crippen LogP contribution in [0.4, 0.5) is 0 Å². The van der Waals surface area contributed by atoms with E-state index in [9.17, 15) is 15.0 Å². The summed E-state index contributed by atoms with van der Waals surface area (Å²) in [5.41, 5.74) is -0.146. The van der Waals surface area contributed by atoms with Gasteiger partial charge in [-0.1, -0.05) is 0 Å². The molecule has 0 amide bonds. The van der Waals surface area contributed by atoms with Gasteiger partial charge in [-0.3, -0.25) is 4.79 Å². The average molecular weight is 214 g/mol. The van der Waals surface area contributed by atoms with Gasteiger partial charge in [0.2, 0.25) is 5.75 Å². The molecule has 82 valence electrons. The molecule has 1 atom stereocenters. The Morgan fingerprint density at radius 1 is 1.20 bits per heavy atom. The van der Waals surface area contributed by atoms with E-state index < -0.39 is 35.7 Å². The van der Waals surface area contributed by atoms with Crippen molar-refractivity contribution in [2.24, 2.45) is 0 Å². The molecule has 0 saturated carbocycles. The molecule has 6 nitrogen and oxygen atoms in total. The van der Waals surface area contributed by atoms with E-state index in [1.54, 1.807) is 0 Å². The van der Waals surface area contributed by atoms with Crippen LogP contribution < -0.4 is 0 Å². The first-order valence-corrected chi connectivity index (χ1v) is 4.07. The van der Waals surface area contributed by atoms with Crippen LogP contribution in [-0.4, -0.2) is 31.5 Å². The number of phenolic OH excluding ortho intramolecular Hbond substituents is 3. The number of carbonyl (C=O) groups is 1. The SMILES string of the molecule is O=C(O)C[C@@H](O)c1ccc(O)c(O)c1O. The van der Waals surface area contributed by atoms with E-state index in [-0.39, 0.29) is 5.56 Å². The number of carboxylic acids is 1. The van der Waals surface area contributed by atoms with Gasteiger partial charge in [-0.05, 0) is 12.1 Å². The number of carboxylic acid groups (broad SMARTS) is 1. The molecule has 1 aromatic rings. The normalized spacial score (nSPS) is 12.3. The summed E-state index contributed by atoms with van der Waals surface area (Å²) in [7, 11) is 0. The fraction of sp³-hybridized carbons (Fsp3) is 0.222. The number of hydrogen-bond acceptors (Lipinski definition) is 5. The Morgan fingerprint density at radius 3 is 2.33 bits per heavy atom. The summed E-state index contributed by atoms with van der Waals surface area (Å²) in [6, 6.07) is 2.19. The van der Waals surface area contributed by atoms with E-state index in [0.717, 1.165) is 12.1 Å². The fourth-order valence-electron chi connectivity index (χ4n) is 1.13. The van der Waals surface area contributed by atoms with Crippen LogP contribution in [-0.2, 0) is 4.79 Å². The number of benzene rings is 1. The van der Waals surface area contributed by atoms with Gasteiger partial charge in [-0.15, -0.1) is 0 Å². The molecule has 0 aliphatic heterocycles. The monoisotopic (exact) mass is 214 g/mol. The van der Waals surface area contributed by atoms with Crippen molar-refractivity contribution >= 4 is 5.97 Å². The second-order valence-corrected chi connectivity index (χ2v) is 2.98. The number of aliphatic hydroxyl groups excluding tert-OH is 1. The highest BCUT2D eigenvalue weighted by Crippen LogP contribution is 2.40. The summed E-state index contributed by atoms with van der Waals surface area (Å²) in [5.74, 6) is -3.28. The highest BCUT2D eigenvalue weighted by molar-refractivity contribution is 5.68. The standard InChI is InChI=1S/C9H10O6/c10-5-2-1-4(8(14)9(5)15)6(11)3-7(12)13/h1-2,6,10-11,14-15H,3H2,(H,12,13)/t6-/m1/s1. The summed E-state index contributed by atoms with van der Waals surface area (Å²) in [5, 5.41) is 45.2. The molecular formula is C9H10O6. The predicted molar refractivity (Wildman–Crippen MR) is 48.6 cm³/mol. The Balaban J connectivity index is 3.05. The first-order chi connectivity index (χ1) is 6.93. The number of aliphatic carboxylic acids is 1. The minimum atomic E-state index is -1.44. The highest BCUT2D eigenvalue weighted by atomic mass is 16.4. The van der Waals surface area contributed by atoms with Gasteiger partial charge in [0, 0.05) is 5.56 Å². The van der Waals surface area contributed by atoms with Crippen LogP contribution in [0.2, 0.25) is 0 Å². The van der Waals surface area contributed by atoms with Gasteiger partial charge in [0.05, 0.1) is 12.5 Å². The molecule has 0 heterocycles. The van der Waals surface area contributed by atoms with Crippen LogP contribution in [0.25, 0.3) is 0 Å². The number of phenols is 3. The van der Waals surface area contributed by atoms with Crippen molar-refractivity contribution in [3.8, 4) is 17.2 Å². The van der Waals surface area contributed by atoms with Gasteiger partial charge in [0.25, 0.3) is 0 Å². The van der Waals surface area contributed by atoms with Crippen molar-refractivity contribution in [2.45, 2.75) is 12.5 Å². The Labute approximate surface area is 84.7 Å². The van der Waals surface area contributed by atoms with E-state index in [0.29, 0.717) is 0 Å². The van der Waals surface area contributed by atoms with Crippen LogP contribution in [0.15, 0.2) is 12.1 Å². The number of aliphatic hydroxyl groups is 1. The molecule has 0 aliphatic carbocycles. The van der Waals surface area contributed by atoms with Crippen molar-refractivity contribution in [3.05, 3.63) is 17.7 Å². The van der Waals surface area contributed by atoms with Crippen molar-refractivity contribution in [1.29, 1.82) is 0 Å². The second-order valence-electron chi connectivity index (χ2n) is 2.98. The first-order valence-electron chi connectivity index (χ1n) is 4.07. The Hall–Kier alpha value is -1.95. The van der Waals surface area contributed by atoms with Gasteiger partial charge in [0.1, 0.15) is 0 Å². The van der Waals surface area contributed by atoms with Crippen molar-refractivity contribution in [3.63, 3.8) is 0 Å².